The molecule has 0 spiro atoms. The van der Waals surface area contributed by atoms with Gasteiger partial charge in [0.25, 0.3) is 0 Å². The fraction of sp³-hybridized carbons (Fsp3) is 1.00. The third-order valence-electron chi connectivity index (χ3n) is 6.76. The highest BCUT2D eigenvalue weighted by atomic mass is 16.5. The second-order valence-electron chi connectivity index (χ2n) is 8.93. The van der Waals surface area contributed by atoms with Gasteiger partial charge in [-0.05, 0) is 68.7 Å². The van der Waals surface area contributed by atoms with E-state index in [1.807, 2.05) is 0 Å². The Kier molecular flexibility index (Phi) is 3.59. The molecule has 3 nitrogen and oxygen atoms in total. The van der Waals surface area contributed by atoms with Gasteiger partial charge in [0.15, 0.2) is 0 Å². The van der Waals surface area contributed by atoms with E-state index in [0.717, 1.165) is 50.4 Å². The van der Waals surface area contributed by atoms with Crippen molar-refractivity contribution in [1.82, 2.24) is 4.90 Å². The van der Waals surface area contributed by atoms with Gasteiger partial charge in [0.2, 0.25) is 0 Å². The maximum atomic E-state index is 10.7. The summed E-state index contributed by atoms with van der Waals surface area (Å²) in [6.07, 6.45) is 10.6. The molecule has 0 aromatic rings. The molecule has 4 aliphatic carbocycles. The number of aliphatic hydroxyl groups is 1. The molecule has 1 aliphatic heterocycles. The Morgan fingerprint density at radius 1 is 0.952 bits per heavy atom. The summed E-state index contributed by atoms with van der Waals surface area (Å²) in [4.78, 5) is 2.44. The first-order valence-electron chi connectivity index (χ1n) is 9.03. The van der Waals surface area contributed by atoms with Gasteiger partial charge in [0.05, 0.1) is 5.60 Å². The first-order valence-corrected chi connectivity index (χ1v) is 9.03. The third-order valence-corrected chi connectivity index (χ3v) is 6.76. The van der Waals surface area contributed by atoms with Crippen molar-refractivity contribution in [2.75, 3.05) is 33.4 Å². The number of nitrogens with zero attached hydrogens (tertiary/aromatic N) is 1. The predicted octanol–water partition coefficient (Wildman–Crippen LogP) is 2.68. The van der Waals surface area contributed by atoms with Crippen molar-refractivity contribution >= 4 is 0 Å². The highest BCUT2D eigenvalue weighted by Crippen LogP contribution is 2.60. The van der Waals surface area contributed by atoms with Crippen LogP contribution in [-0.4, -0.2) is 49.0 Å². The molecule has 0 amide bonds. The number of likely N-dealkylation sites (N-methyl/N-ethyl adjacent to an activating group) is 1. The zero-order chi connectivity index (χ0) is 14.5. The van der Waals surface area contributed by atoms with Crippen LogP contribution in [0, 0.1) is 23.2 Å². The lowest BCUT2D eigenvalue weighted by atomic mass is 9.49. The van der Waals surface area contributed by atoms with Gasteiger partial charge in [0, 0.05) is 39.1 Å². The van der Waals surface area contributed by atoms with Gasteiger partial charge in [0.1, 0.15) is 0 Å². The summed E-state index contributed by atoms with van der Waals surface area (Å²) < 4.78 is 5.40. The zero-order valence-corrected chi connectivity index (χ0v) is 13.5. The molecule has 0 unspecified atom stereocenters. The molecule has 5 rings (SSSR count). The average molecular weight is 293 g/mol. The molecule has 1 N–H and O–H groups in total. The van der Waals surface area contributed by atoms with Crippen LogP contribution < -0.4 is 0 Å². The molecule has 0 aromatic heterocycles. The smallest absolute Gasteiger partial charge is 0.0817 e. The Bertz CT molecular complexity index is 353. The molecule has 1 saturated heterocycles. The molecule has 120 valence electrons. The molecule has 0 atom stereocenters. The Hall–Kier alpha value is -0.120. The van der Waals surface area contributed by atoms with Crippen LogP contribution in [-0.2, 0) is 4.74 Å². The van der Waals surface area contributed by atoms with Crippen LogP contribution in [0.5, 0.6) is 0 Å². The van der Waals surface area contributed by atoms with E-state index in [2.05, 4.69) is 11.9 Å². The maximum absolute atomic E-state index is 10.7. The molecule has 5 aliphatic rings. The summed E-state index contributed by atoms with van der Waals surface area (Å²) in [6, 6.07) is 0. The largest absolute Gasteiger partial charge is 0.388 e. The normalized spacial score (nSPS) is 44.4. The maximum Gasteiger partial charge on any atom is 0.0817 e. The monoisotopic (exact) mass is 293 g/mol. The van der Waals surface area contributed by atoms with Crippen molar-refractivity contribution in [2.45, 2.75) is 57.0 Å². The SMILES string of the molecule is CN(CC1(O)CCOCC1)CC12CC3CC(CC(C3)C1)C2. The Morgan fingerprint density at radius 2 is 1.48 bits per heavy atom. The molecule has 4 saturated carbocycles. The van der Waals surface area contributed by atoms with E-state index in [1.54, 1.807) is 0 Å². The number of hydrogen-bond donors (Lipinski definition) is 1. The van der Waals surface area contributed by atoms with Gasteiger partial charge in [-0.3, -0.25) is 0 Å². The molecule has 1 heterocycles. The van der Waals surface area contributed by atoms with E-state index in [9.17, 15) is 5.11 Å². The van der Waals surface area contributed by atoms with Crippen molar-refractivity contribution in [3.8, 4) is 0 Å². The van der Waals surface area contributed by atoms with Gasteiger partial charge in [-0.15, -0.1) is 0 Å². The molecule has 3 heteroatoms. The van der Waals surface area contributed by atoms with E-state index in [1.165, 1.54) is 45.1 Å². The lowest BCUT2D eigenvalue weighted by Crippen LogP contribution is -2.53. The average Bonchev–Trinajstić information content (AvgIpc) is 2.35. The van der Waals surface area contributed by atoms with Gasteiger partial charge in [-0.25, -0.2) is 0 Å². The number of rotatable bonds is 4. The predicted molar refractivity (Wildman–Crippen MR) is 83.1 cm³/mol. The first-order chi connectivity index (χ1) is 10.0. The minimum Gasteiger partial charge on any atom is -0.388 e. The fourth-order valence-electron chi connectivity index (χ4n) is 6.52. The lowest BCUT2D eigenvalue weighted by molar-refractivity contribution is -0.0983. The second-order valence-corrected chi connectivity index (χ2v) is 8.93. The van der Waals surface area contributed by atoms with E-state index < -0.39 is 5.60 Å². The van der Waals surface area contributed by atoms with E-state index in [0.29, 0.717) is 5.41 Å². The zero-order valence-electron chi connectivity index (χ0n) is 13.5. The summed E-state index contributed by atoms with van der Waals surface area (Å²) in [5.74, 6) is 3.07. The molecular formula is C18H31NO2. The van der Waals surface area contributed by atoms with Gasteiger partial charge < -0.3 is 14.7 Å². The molecule has 21 heavy (non-hydrogen) atoms. The van der Waals surface area contributed by atoms with Crippen LogP contribution >= 0.6 is 0 Å². The topological polar surface area (TPSA) is 32.7 Å². The van der Waals surface area contributed by atoms with Crippen molar-refractivity contribution < 1.29 is 9.84 Å². The van der Waals surface area contributed by atoms with Gasteiger partial charge >= 0.3 is 0 Å². The number of hydrogen-bond acceptors (Lipinski definition) is 3. The highest BCUT2D eigenvalue weighted by Gasteiger charge is 2.51. The van der Waals surface area contributed by atoms with Crippen molar-refractivity contribution in [1.29, 1.82) is 0 Å². The summed E-state index contributed by atoms with van der Waals surface area (Å²) in [7, 11) is 2.23. The van der Waals surface area contributed by atoms with Crippen LogP contribution in [0.4, 0.5) is 0 Å². The van der Waals surface area contributed by atoms with Crippen LogP contribution in [0.3, 0.4) is 0 Å². The molecule has 5 fully saturated rings. The summed E-state index contributed by atoms with van der Waals surface area (Å²) >= 11 is 0. The molecular weight excluding hydrogens is 262 g/mol. The summed E-state index contributed by atoms with van der Waals surface area (Å²) in [6.45, 7) is 3.49. The van der Waals surface area contributed by atoms with Crippen LogP contribution in [0.25, 0.3) is 0 Å². The van der Waals surface area contributed by atoms with E-state index >= 15 is 0 Å². The van der Waals surface area contributed by atoms with Crippen LogP contribution in [0.15, 0.2) is 0 Å². The molecule has 4 bridgehead atoms. The van der Waals surface area contributed by atoms with Crippen LogP contribution in [0.1, 0.15) is 51.4 Å². The third kappa shape index (κ3) is 2.89. The molecule has 0 aromatic carbocycles. The summed E-state index contributed by atoms with van der Waals surface area (Å²) in [5.41, 5.74) is 0.0837. The minimum atomic E-state index is -0.505. The lowest BCUT2D eigenvalue weighted by Gasteiger charge is -2.58. The van der Waals surface area contributed by atoms with Gasteiger partial charge in [-0.2, -0.15) is 0 Å². The van der Waals surface area contributed by atoms with Crippen molar-refractivity contribution in [2.24, 2.45) is 23.2 Å². The Balaban J connectivity index is 1.39. The van der Waals surface area contributed by atoms with E-state index in [-0.39, 0.29) is 0 Å². The van der Waals surface area contributed by atoms with Gasteiger partial charge in [-0.1, -0.05) is 0 Å². The standard InChI is InChI=1S/C18H31NO2/c1-19(13-18(20)2-4-21-5-3-18)12-17-9-14-6-15(10-17)8-16(7-14)11-17/h14-16,20H,2-13H2,1H3. The van der Waals surface area contributed by atoms with Crippen molar-refractivity contribution in [3.05, 3.63) is 0 Å². The Morgan fingerprint density at radius 3 is 2.00 bits per heavy atom. The van der Waals surface area contributed by atoms with E-state index in [4.69, 9.17) is 4.74 Å². The first kappa shape index (κ1) is 14.5. The van der Waals surface area contributed by atoms with Crippen molar-refractivity contribution in [3.63, 3.8) is 0 Å². The van der Waals surface area contributed by atoms with Crippen LogP contribution in [0.2, 0.25) is 0 Å². The highest BCUT2D eigenvalue weighted by molar-refractivity contribution is 5.02. The molecule has 0 radical (unpaired) electrons. The Labute approximate surface area is 129 Å². The minimum absolute atomic E-state index is 0.505. The quantitative estimate of drug-likeness (QED) is 0.865. The fourth-order valence-corrected chi connectivity index (χ4v) is 6.52. The number of ether oxygens (including phenoxy) is 1. The summed E-state index contributed by atoms with van der Waals surface area (Å²) in [5, 5.41) is 10.7. The second kappa shape index (κ2) is 5.21.